The van der Waals surface area contributed by atoms with Crippen LogP contribution < -0.4 is 5.32 Å². The fourth-order valence-electron chi connectivity index (χ4n) is 1.82. The van der Waals surface area contributed by atoms with Gasteiger partial charge >= 0.3 is 6.01 Å². The molecule has 5 nitrogen and oxygen atoms in total. The van der Waals surface area contributed by atoms with Crippen LogP contribution in [0.25, 0.3) is 21.0 Å². The van der Waals surface area contributed by atoms with Crippen molar-refractivity contribution in [2.75, 3.05) is 5.32 Å². The Morgan fingerprint density at radius 3 is 3.00 bits per heavy atom. The van der Waals surface area contributed by atoms with E-state index in [-0.39, 0.29) is 0 Å². The predicted molar refractivity (Wildman–Crippen MR) is 85.5 cm³/mol. The Morgan fingerprint density at radius 2 is 2.14 bits per heavy atom. The molecular weight excluding hydrogens is 328 g/mol. The maximum Gasteiger partial charge on any atom is 0.302 e. The summed E-state index contributed by atoms with van der Waals surface area (Å²) in [5.74, 6) is 0. The third-order valence-corrected chi connectivity index (χ3v) is 4.83. The zero-order chi connectivity index (χ0) is 14.2. The van der Waals surface area contributed by atoms with Gasteiger partial charge in [0.15, 0.2) is 10.6 Å². The van der Waals surface area contributed by atoms with E-state index in [1.807, 2.05) is 17.5 Å². The van der Waals surface area contributed by atoms with Crippen molar-refractivity contribution in [1.29, 1.82) is 0 Å². The topological polar surface area (TPSA) is 63.8 Å². The van der Waals surface area contributed by atoms with Crippen molar-refractivity contribution in [2.45, 2.75) is 0 Å². The number of thiophene rings is 1. The predicted octanol–water partition coefficient (Wildman–Crippen LogP) is 4.80. The number of anilines is 2. The van der Waals surface area contributed by atoms with E-state index in [0.717, 1.165) is 9.88 Å². The Balaban J connectivity index is 1.62. The third-order valence-electron chi connectivity index (χ3n) is 2.72. The Morgan fingerprint density at radius 1 is 1.19 bits per heavy atom. The number of rotatable bonds is 3. The molecule has 0 amide bonds. The first-order valence-corrected chi connectivity index (χ1v) is 8.06. The third kappa shape index (κ3) is 2.51. The molecule has 1 aromatic carbocycles. The van der Waals surface area contributed by atoms with Crippen molar-refractivity contribution in [3.8, 4) is 9.88 Å². The molecule has 0 unspecified atom stereocenters. The molecule has 0 aliphatic carbocycles. The first-order chi connectivity index (χ1) is 10.3. The van der Waals surface area contributed by atoms with Gasteiger partial charge in [-0.2, -0.15) is 4.98 Å². The maximum absolute atomic E-state index is 5.93. The molecule has 0 bridgehead atoms. The van der Waals surface area contributed by atoms with Crippen molar-refractivity contribution < 1.29 is 4.42 Å². The monoisotopic (exact) mass is 334 g/mol. The van der Waals surface area contributed by atoms with Crippen molar-refractivity contribution in [3.05, 3.63) is 40.7 Å². The molecule has 8 heteroatoms. The maximum atomic E-state index is 5.93. The van der Waals surface area contributed by atoms with Crippen LogP contribution in [0.15, 0.2) is 40.1 Å². The van der Waals surface area contributed by atoms with Gasteiger partial charge in [0.1, 0.15) is 5.52 Å². The van der Waals surface area contributed by atoms with E-state index < -0.39 is 0 Å². The van der Waals surface area contributed by atoms with Crippen LogP contribution in [0.3, 0.4) is 0 Å². The molecular formula is C13H7ClN4OS2. The summed E-state index contributed by atoms with van der Waals surface area (Å²) in [7, 11) is 0. The number of fused-ring (bicyclic) bond motifs is 1. The van der Waals surface area contributed by atoms with Gasteiger partial charge in [-0.3, -0.25) is 5.32 Å². The van der Waals surface area contributed by atoms with E-state index in [0.29, 0.717) is 27.3 Å². The molecule has 0 saturated carbocycles. The smallest absolute Gasteiger partial charge is 0.302 e. The molecule has 104 valence electrons. The zero-order valence-electron chi connectivity index (χ0n) is 10.4. The van der Waals surface area contributed by atoms with Crippen molar-refractivity contribution >= 4 is 56.5 Å². The summed E-state index contributed by atoms with van der Waals surface area (Å²) in [5.41, 5.74) is 1.37. The molecule has 1 N–H and O–H groups in total. The minimum Gasteiger partial charge on any atom is -0.423 e. The quantitative estimate of drug-likeness (QED) is 0.582. The highest BCUT2D eigenvalue weighted by atomic mass is 35.5. The van der Waals surface area contributed by atoms with E-state index in [1.165, 1.54) is 11.3 Å². The Bertz CT molecular complexity index is 900. The number of nitrogens with one attached hydrogen (secondary N) is 1. The van der Waals surface area contributed by atoms with Gasteiger partial charge in [0.25, 0.3) is 0 Å². The second-order valence-electron chi connectivity index (χ2n) is 4.15. The summed E-state index contributed by atoms with van der Waals surface area (Å²) in [6, 6.07) is 9.67. The molecule has 4 rings (SSSR count). The van der Waals surface area contributed by atoms with E-state index in [1.54, 1.807) is 29.5 Å². The largest absolute Gasteiger partial charge is 0.423 e. The summed E-state index contributed by atoms with van der Waals surface area (Å²) < 4.78 is 5.59. The van der Waals surface area contributed by atoms with Gasteiger partial charge in [-0.25, -0.2) is 0 Å². The molecule has 0 spiro atoms. The van der Waals surface area contributed by atoms with Gasteiger partial charge in [-0.1, -0.05) is 29.0 Å². The van der Waals surface area contributed by atoms with Gasteiger partial charge in [-0.05, 0) is 29.6 Å². The molecule has 3 heterocycles. The molecule has 21 heavy (non-hydrogen) atoms. The lowest BCUT2D eigenvalue weighted by molar-refractivity contribution is 0.622. The number of aromatic nitrogens is 3. The number of hydrogen-bond donors (Lipinski definition) is 1. The minimum absolute atomic E-state index is 0.376. The van der Waals surface area contributed by atoms with Crippen LogP contribution in [-0.2, 0) is 0 Å². The fraction of sp³-hybridized carbons (Fsp3) is 0. The van der Waals surface area contributed by atoms with Gasteiger partial charge < -0.3 is 4.42 Å². The standard InChI is InChI=1S/C13H7ClN4OS2/c14-7-3-4-9-8(6-7)15-12(19-9)16-13-18-17-11(21-13)10-2-1-5-20-10/h1-6H,(H,15,16,18). The van der Waals surface area contributed by atoms with Crippen molar-refractivity contribution in [1.82, 2.24) is 15.2 Å². The lowest BCUT2D eigenvalue weighted by Gasteiger charge is -1.92. The zero-order valence-corrected chi connectivity index (χ0v) is 12.8. The van der Waals surface area contributed by atoms with Gasteiger partial charge in [0.2, 0.25) is 5.13 Å². The van der Waals surface area contributed by atoms with E-state index in [2.05, 4.69) is 20.5 Å². The Hall–Kier alpha value is -1.96. The van der Waals surface area contributed by atoms with Crippen LogP contribution in [0.2, 0.25) is 5.02 Å². The van der Waals surface area contributed by atoms with Crippen LogP contribution in [-0.4, -0.2) is 15.2 Å². The number of halogens is 1. The molecule has 0 aliphatic heterocycles. The Labute approximate surface area is 132 Å². The lowest BCUT2D eigenvalue weighted by Crippen LogP contribution is -1.88. The fourth-order valence-corrected chi connectivity index (χ4v) is 3.51. The van der Waals surface area contributed by atoms with Gasteiger partial charge in [0.05, 0.1) is 4.88 Å². The van der Waals surface area contributed by atoms with Crippen LogP contribution in [0, 0.1) is 0 Å². The average molecular weight is 335 g/mol. The molecule has 0 fully saturated rings. The molecule has 0 atom stereocenters. The Kier molecular flexibility index (Phi) is 3.10. The van der Waals surface area contributed by atoms with Crippen LogP contribution in [0.5, 0.6) is 0 Å². The molecule has 0 aliphatic rings. The summed E-state index contributed by atoms with van der Waals surface area (Å²) in [6.45, 7) is 0. The SMILES string of the molecule is Clc1ccc2oc(Nc3nnc(-c4cccs4)s3)nc2c1. The minimum atomic E-state index is 0.376. The number of nitrogens with zero attached hydrogens (tertiary/aromatic N) is 3. The highest BCUT2D eigenvalue weighted by Gasteiger charge is 2.11. The molecule has 3 aromatic heterocycles. The van der Waals surface area contributed by atoms with Crippen LogP contribution in [0.4, 0.5) is 11.1 Å². The number of hydrogen-bond acceptors (Lipinski definition) is 7. The van der Waals surface area contributed by atoms with Gasteiger partial charge in [0, 0.05) is 5.02 Å². The first-order valence-electron chi connectivity index (χ1n) is 5.98. The number of benzene rings is 1. The molecule has 4 aromatic rings. The van der Waals surface area contributed by atoms with E-state index in [9.17, 15) is 0 Å². The normalized spacial score (nSPS) is 11.1. The van der Waals surface area contributed by atoms with Crippen LogP contribution in [0.1, 0.15) is 0 Å². The highest BCUT2D eigenvalue weighted by Crippen LogP contribution is 2.31. The first kappa shape index (κ1) is 12.8. The lowest BCUT2D eigenvalue weighted by atomic mass is 10.3. The highest BCUT2D eigenvalue weighted by molar-refractivity contribution is 7.22. The van der Waals surface area contributed by atoms with Gasteiger partial charge in [-0.15, -0.1) is 21.5 Å². The second-order valence-corrected chi connectivity index (χ2v) is 6.51. The van der Waals surface area contributed by atoms with Crippen molar-refractivity contribution in [2.24, 2.45) is 0 Å². The van der Waals surface area contributed by atoms with Crippen LogP contribution >= 0.6 is 34.3 Å². The van der Waals surface area contributed by atoms with Crippen molar-refractivity contribution in [3.63, 3.8) is 0 Å². The second kappa shape index (κ2) is 5.10. The van der Waals surface area contributed by atoms with E-state index in [4.69, 9.17) is 16.0 Å². The summed E-state index contributed by atoms with van der Waals surface area (Å²) in [4.78, 5) is 5.41. The summed E-state index contributed by atoms with van der Waals surface area (Å²) >= 11 is 9.00. The molecule has 0 radical (unpaired) electrons. The van der Waals surface area contributed by atoms with E-state index >= 15 is 0 Å². The molecule has 0 saturated heterocycles. The summed E-state index contributed by atoms with van der Waals surface area (Å²) in [6.07, 6.45) is 0. The number of oxazole rings is 1. The average Bonchev–Trinajstić information content (AvgIpc) is 3.16. The summed E-state index contributed by atoms with van der Waals surface area (Å²) in [5, 5.41) is 15.4.